The Balaban J connectivity index is 2.98. The predicted molar refractivity (Wildman–Crippen MR) is 58.1 cm³/mol. The van der Waals surface area contributed by atoms with Crippen molar-refractivity contribution in [1.29, 1.82) is 0 Å². The van der Waals surface area contributed by atoms with Gasteiger partial charge in [0.15, 0.2) is 0 Å². The third-order valence-corrected chi connectivity index (χ3v) is 1.96. The fraction of sp³-hybridized carbons (Fsp3) is 0.417. The lowest BCUT2D eigenvalue weighted by atomic mass is 10.1. The minimum atomic E-state index is -1.81. The van der Waals surface area contributed by atoms with E-state index < -0.39 is 12.1 Å². The number of para-hydroxylation sites is 1. The average Bonchev–Trinajstić information content (AvgIpc) is 2.27. The van der Waals surface area contributed by atoms with Crippen molar-refractivity contribution in [1.82, 2.24) is 0 Å². The van der Waals surface area contributed by atoms with Crippen molar-refractivity contribution in [2.45, 2.75) is 26.1 Å². The monoisotopic (exact) mass is 226 g/mol. The van der Waals surface area contributed by atoms with E-state index in [9.17, 15) is 9.18 Å². The topological polar surface area (TPSA) is 35.5 Å². The zero-order chi connectivity index (χ0) is 12.1. The number of benzene rings is 1. The van der Waals surface area contributed by atoms with Crippen LogP contribution in [0.15, 0.2) is 24.3 Å². The second-order valence-electron chi connectivity index (χ2n) is 3.59. The molecule has 16 heavy (non-hydrogen) atoms. The molecule has 0 spiro atoms. The van der Waals surface area contributed by atoms with E-state index >= 15 is 0 Å². The molecule has 1 aromatic rings. The Labute approximate surface area is 94.2 Å². The van der Waals surface area contributed by atoms with Crippen molar-refractivity contribution in [3.63, 3.8) is 0 Å². The van der Waals surface area contributed by atoms with Crippen molar-refractivity contribution in [3.8, 4) is 5.75 Å². The number of carbonyl (C=O) groups is 1. The molecule has 0 saturated carbocycles. The molecule has 0 aliphatic heterocycles. The summed E-state index contributed by atoms with van der Waals surface area (Å²) in [6.07, 6.45) is -1.88. The lowest BCUT2D eigenvalue weighted by Gasteiger charge is -2.15. The highest BCUT2D eigenvalue weighted by molar-refractivity contribution is 5.77. The Hall–Kier alpha value is -1.58. The maximum atomic E-state index is 13.7. The van der Waals surface area contributed by atoms with Crippen LogP contribution in [0.25, 0.3) is 0 Å². The van der Waals surface area contributed by atoms with Crippen LogP contribution in [0.2, 0.25) is 0 Å². The predicted octanol–water partition coefficient (Wildman–Crippen LogP) is 2.66. The maximum absolute atomic E-state index is 13.7. The van der Waals surface area contributed by atoms with Crippen LogP contribution in [0, 0.1) is 0 Å². The lowest BCUT2D eigenvalue weighted by Crippen LogP contribution is -2.13. The molecular formula is C12H15FO3. The van der Waals surface area contributed by atoms with Gasteiger partial charge >= 0.3 is 5.97 Å². The molecule has 1 atom stereocenters. The molecule has 1 rings (SSSR count). The Kier molecular flexibility index (Phi) is 4.28. The van der Waals surface area contributed by atoms with Crippen LogP contribution in [0.5, 0.6) is 5.75 Å². The van der Waals surface area contributed by atoms with Gasteiger partial charge < -0.3 is 9.47 Å². The van der Waals surface area contributed by atoms with E-state index in [1.807, 2.05) is 13.8 Å². The van der Waals surface area contributed by atoms with Crippen LogP contribution in [0.4, 0.5) is 4.39 Å². The van der Waals surface area contributed by atoms with Crippen LogP contribution < -0.4 is 4.74 Å². The first kappa shape index (κ1) is 12.5. The summed E-state index contributed by atoms with van der Waals surface area (Å²) in [5.74, 6) is -0.546. The first-order valence-electron chi connectivity index (χ1n) is 5.03. The summed E-state index contributed by atoms with van der Waals surface area (Å²) in [5.41, 5.74) is 0.197. The van der Waals surface area contributed by atoms with Crippen LogP contribution >= 0.6 is 0 Å². The normalized spacial score (nSPS) is 12.3. The number of ether oxygens (including phenoxy) is 2. The Morgan fingerprint density at radius 2 is 1.94 bits per heavy atom. The number of halogens is 1. The smallest absolute Gasteiger partial charge is 0.345 e. The number of hydrogen-bond acceptors (Lipinski definition) is 3. The molecule has 0 N–H and O–H groups in total. The van der Waals surface area contributed by atoms with Gasteiger partial charge in [-0.3, -0.25) is 0 Å². The zero-order valence-corrected chi connectivity index (χ0v) is 9.57. The van der Waals surface area contributed by atoms with E-state index in [1.54, 1.807) is 18.2 Å². The summed E-state index contributed by atoms with van der Waals surface area (Å²) in [7, 11) is 1.15. The van der Waals surface area contributed by atoms with Crippen LogP contribution in [-0.4, -0.2) is 19.2 Å². The summed E-state index contributed by atoms with van der Waals surface area (Å²) in [5, 5.41) is 0. The van der Waals surface area contributed by atoms with Gasteiger partial charge in [0.2, 0.25) is 6.17 Å². The molecule has 1 aromatic carbocycles. The number of methoxy groups -OCH3 is 1. The third kappa shape index (κ3) is 2.95. The van der Waals surface area contributed by atoms with Crippen LogP contribution in [-0.2, 0) is 9.53 Å². The van der Waals surface area contributed by atoms with Gasteiger partial charge in [-0.2, -0.15) is 0 Å². The Morgan fingerprint density at radius 3 is 2.50 bits per heavy atom. The van der Waals surface area contributed by atoms with E-state index in [1.165, 1.54) is 6.07 Å². The maximum Gasteiger partial charge on any atom is 0.345 e. The molecule has 0 saturated heterocycles. The second kappa shape index (κ2) is 5.49. The number of hydrogen-bond donors (Lipinski definition) is 0. The zero-order valence-electron chi connectivity index (χ0n) is 9.57. The van der Waals surface area contributed by atoms with Crippen LogP contribution in [0.1, 0.15) is 25.6 Å². The molecule has 1 unspecified atom stereocenters. The van der Waals surface area contributed by atoms with E-state index in [4.69, 9.17) is 4.74 Å². The second-order valence-corrected chi connectivity index (χ2v) is 3.59. The van der Waals surface area contributed by atoms with Gasteiger partial charge in [-0.1, -0.05) is 18.2 Å². The lowest BCUT2D eigenvalue weighted by molar-refractivity contribution is -0.146. The van der Waals surface area contributed by atoms with Crippen molar-refractivity contribution in [2.75, 3.05) is 7.11 Å². The Bertz CT molecular complexity index is 363. The molecule has 0 aliphatic carbocycles. The van der Waals surface area contributed by atoms with E-state index in [-0.39, 0.29) is 11.7 Å². The molecule has 88 valence electrons. The number of alkyl halides is 1. The van der Waals surface area contributed by atoms with Gasteiger partial charge in [-0.15, -0.1) is 0 Å². The first-order valence-corrected chi connectivity index (χ1v) is 5.03. The molecule has 0 aromatic heterocycles. The summed E-state index contributed by atoms with van der Waals surface area (Å²) in [6, 6.07) is 6.52. The summed E-state index contributed by atoms with van der Waals surface area (Å²) >= 11 is 0. The SMILES string of the molecule is COC(=O)C(F)c1ccccc1OC(C)C. The summed E-state index contributed by atoms with van der Waals surface area (Å²) in [6.45, 7) is 3.67. The number of carbonyl (C=O) groups excluding carboxylic acids is 1. The highest BCUT2D eigenvalue weighted by Crippen LogP contribution is 2.29. The summed E-state index contributed by atoms with van der Waals surface area (Å²) in [4.78, 5) is 11.1. The highest BCUT2D eigenvalue weighted by Gasteiger charge is 2.24. The van der Waals surface area contributed by atoms with Gasteiger partial charge in [-0.05, 0) is 19.9 Å². The molecule has 3 nitrogen and oxygen atoms in total. The van der Waals surface area contributed by atoms with Crippen molar-refractivity contribution >= 4 is 5.97 Å². The standard InChI is InChI=1S/C12H15FO3/c1-8(2)16-10-7-5-4-6-9(10)11(13)12(14)15-3/h4-8,11H,1-3H3. The largest absolute Gasteiger partial charge is 0.491 e. The highest BCUT2D eigenvalue weighted by atomic mass is 19.1. The van der Waals surface area contributed by atoms with E-state index in [2.05, 4.69) is 4.74 Å². The fourth-order valence-corrected chi connectivity index (χ4v) is 1.28. The van der Waals surface area contributed by atoms with E-state index in [0.29, 0.717) is 5.75 Å². The van der Waals surface area contributed by atoms with Crippen molar-refractivity contribution in [2.24, 2.45) is 0 Å². The molecule has 0 fully saturated rings. The fourth-order valence-electron chi connectivity index (χ4n) is 1.28. The molecule has 0 amide bonds. The Morgan fingerprint density at radius 1 is 1.31 bits per heavy atom. The molecule has 0 bridgehead atoms. The van der Waals surface area contributed by atoms with Crippen molar-refractivity contribution in [3.05, 3.63) is 29.8 Å². The molecule has 0 heterocycles. The molecule has 0 radical (unpaired) electrons. The first-order chi connectivity index (χ1) is 7.56. The molecule has 4 heteroatoms. The molecular weight excluding hydrogens is 211 g/mol. The van der Waals surface area contributed by atoms with Crippen molar-refractivity contribution < 1.29 is 18.7 Å². The van der Waals surface area contributed by atoms with Gasteiger partial charge in [0.25, 0.3) is 0 Å². The minimum absolute atomic E-state index is 0.0778. The quantitative estimate of drug-likeness (QED) is 0.740. The number of rotatable bonds is 4. The summed E-state index contributed by atoms with van der Waals surface area (Å²) < 4.78 is 23.5. The average molecular weight is 226 g/mol. The third-order valence-electron chi connectivity index (χ3n) is 1.96. The molecule has 0 aliphatic rings. The van der Waals surface area contributed by atoms with Crippen LogP contribution in [0.3, 0.4) is 0 Å². The van der Waals surface area contributed by atoms with Gasteiger partial charge in [-0.25, -0.2) is 9.18 Å². The minimum Gasteiger partial charge on any atom is -0.491 e. The van der Waals surface area contributed by atoms with E-state index in [0.717, 1.165) is 7.11 Å². The van der Waals surface area contributed by atoms with Gasteiger partial charge in [0, 0.05) is 5.56 Å². The van der Waals surface area contributed by atoms with Gasteiger partial charge in [0.05, 0.1) is 13.2 Å². The van der Waals surface area contributed by atoms with Gasteiger partial charge in [0.1, 0.15) is 5.75 Å². The number of esters is 1.